The lowest BCUT2D eigenvalue weighted by molar-refractivity contribution is -0.157. The fourth-order valence-electron chi connectivity index (χ4n) is 9.05. The van der Waals surface area contributed by atoms with Crippen molar-refractivity contribution in [3.63, 3.8) is 0 Å². The van der Waals surface area contributed by atoms with E-state index in [-0.39, 0.29) is 75.0 Å². The average Bonchev–Trinajstić information content (AvgIpc) is 4.05. The zero-order valence-electron chi connectivity index (χ0n) is 43.8. The predicted octanol–water partition coefficient (Wildman–Crippen LogP) is 13.2. The summed E-state index contributed by atoms with van der Waals surface area (Å²) >= 11 is 1.33. The average molecular weight is 1030 g/mol. The molecule has 0 bridgehead atoms. The highest BCUT2D eigenvalue weighted by Gasteiger charge is 2.45. The molecule has 2 aromatic carbocycles. The third-order valence-corrected chi connectivity index (χ3v) is 16.6. The topological polar surface area (TPSA) is 165 Å². The van der Waals surface area contributed by atoms with Crippen molar-refractivity contribution in [2.75, 3.05) is 57.3 Å². The molecule has 2 amide bonds. The van der Waals surface area contributed by atoms with Crippen molar-refractivity contribution in [3.05, 3.63) is 59.7 Å². The number of carbonyl (C=O) groups is 4. The first-order valence-corrected chi connectivity index (χ1v) is 30.3. The molecular formula is C56H89N2O11PS. The fraction of sp³-hybridized carbons (Fsp3) is 0.714. The Kier molecular flexibility index (Phi) is 29.6. The first-order valence-electron chi connectivity index (χ1n) is 27.4. The number of carbonyl (C=O) groups excluding carboxylic acids is 4. The Labute approximate surface area is 431 Å². The number of thioether (sulfide) groups is 1. The molecule has 15 heteroatoms. The van der Waals surface area contributed by atoms with Crippen LogP contribution in [0.3, 0.4) is 0 Å². The van der Waals surface area contributed by atoms with Crippen molar-refractivity contribution in [2.45, 2.75) is 199 Å². The highest BCUT2D eigenvalue weighted by Crippen LogP contribution is 2.48. The number of rotatable bonds is 42. The van der Waals surface area contributed by atoms with Crippen molar-refractivity contribution >= 4 is 43.3 Å². The summed E-state index contributed by atoms with van der Waals surface area (Å²) in [5.74, 6) is -0.833. The second-order valence-corrected chi connectivity index (χ2v) is 22.6. The van der Waals surface area contributed by atoms with E-state index >= 15 is 0 Å². The maximum atomic E-state index is 14.2. The Morgan fingerprint density at radius 3 is 1.72 bits per heavy atom. The minimum Gasteiger partial charge on any atom is -0.462 e. The number of hydrogen-bond donors (Lipinski definition) is 2. The monoisotopic (exact) mass is 1030 g/mol. The molecule has 2 atom stereocenters. The van der Waals surface area contributed by atoms with Gasteiger partial charge in [-0.25, -0.2) is 4.79 Å². The number of hydrogen-bond acceptors (Lipinski definition) is 12. The van der Waals surface area contributed by atoms with E-state index < -0.39 is 37.3 Å². The minimum atomic E-state index is -3.20. The number of fused-ring (bicyclic) bond motifs is 3. The molecule has 1 saturated carbocycles. The van der Waals surface area contributed by atoms with Gasteiger partial charge in [0.15, 0.2) is 0 Å². The van der Waals surface area contributed by atoms with Crippen molar-refractivity contribution in [2.24, 2.45) is 0 Å². The van der Waals surface area contributed by atoms with Crippen LogP contribution in [0.25, 0.3) is 11.1 Å². The maximum absolute atomic E-state index is 14.2. The molecule has 0 radical (unpaired) electrons. The van der Waals surface area contributed by atoms with Crippen LogP contribution in [0, 0.1) is 0 Å². The van der Waals surface area contributed by atoms with Gasteiger partial charge in [0.05, 0.1) is 31.5 Å². The first-order chi connectivity index (χ1) is 34.6. The van der Waals surface area contributed by atoms with Crippen molar-refractivity contribution in [3.8, 4) is 11.1 Å². The third-order valence-electron chi connectivity index (χ3n) is 13.2. The highest BCUT2D eigenvalue weighted by molar-refractivity contribution is 7.99. The zero-order chi connectivity index (χ0) is 51.0. The van der Waals surface area contributed by atoms with Crippen LogP contribution < -0.4 is 10.6 Å². The smallest absolute Gasteiger partial charge is 0.407 e. The molecule has 2 N–H and O–H groups in total. The number of nitrogens with one attached hydrogen (secondary N) is 2. The van der Waals surface area contributed by atoms with Gasteiger partial charge in [-0.15, -0.1) is 0 Å². The van der Waals surface area contributed by atoms with Gasteiger partial charge in [-0.1, -0.05) is 165 Å². The van der Waals surface area contributed by atoms with Crippen LogP contribution in [-0.2, 0) is 46.9 Å². The molecule has 2 aliphatic rings. The summed E-state index contributed by atoms with van der Waals surface area (Å²) in [5, 5.41) is 5.98. The molecule has 0 spiro atoms. The predicted molar refractivity (Wildman–Crippen MR) is 285 cm³/mol. The lowest BCUT2D eigenvalue weighted by Crippen LogP contribution is -2.53. The number of alkyl carbamates (subject to hydrolysis) is 1. The van der Waals surface area contributed by atoms with E-state index in [4.69, 9.17) is 28.0 Å². The van der Waals surface area contributed by atoms with Gasteiger partial charge < -0.3 is 38.6 Å². The molecule has 0 unspecified atom stereocenters. The Bertz CT molecular complexity index is 1840. The largest absolute Gasteiger partial charge is 0.462 e. The number of amides is 2. The molecule has 0 saturated heterocycles. The first kappa shape index (κ1) is 60.1. The quantitative estimate of drug-likeness (QED) is 0.0280. The second kappa shape index (κ2) is 34.9. The molecule has 0 aromatic heterocycles. The molecule has 0 aliphatic heterocycles. The van der Waals surface area contributed by atoms with Gasteiger partial charge in [-0.05, 0) is 68.2 Å². The maximum Gasteiger partial charge on any atom is 0.407 e. The summed E-state index contributed by atoms with van der Waals surface area (Å²) in [4.78, 5) is 53.9. The SMILES string of the molecule is CCCCCCCCCCCC(=O)OC[C@H](CSC[C@H](NC(=O)OCC1c2ccccc2-c2ccccc21)C(=O)NC1(COCCCP(=O)(OCC)OCC)CC1)OC(=O)CCCCCCCCCCC. The van der Waals surface area contributed by atoms with Gasteiger partial charge in [-0.2, -0.15) is 11.8 Å². The second-order valence-electron chi connectivity index (χ2n) is 19.4. The Hall–Kier alpha value is -3.42. The van der Waals surface area contributed by atoms with Crippen LogP contribution in [0.15, 0.2) is 48.5 Å². The minimum absolute atomic E-state index is 0.0834. The third kappa shape index (κ3) is 23.6. The number of ether oxygens (including phenoxy) is 4. The molecule has 13 nitrogen and oxygen atoms in total. The van der Waals surface area contributed by atoms with E-state index in [1.165, 1.54) is 82.4 Å². The molecule has 1 fully saturated rings. The van der Waals surface area contributed by atoms with Gasteiger partial charge in [0, 0.05) is 36.9 Å². The van der Waals surface area contributed by atoms with Crippen LogP contribution in [0.2, 0.25) is 0 Å². The normalized spacial score (nSPS) is 14.5. The van der Waals surface area contributed by atoms with Gasteiger partial charge in [0.2, 0.25) is 5.91 Å². The summed E-state index contributed by atoms with van der Waals surface area (Å²) in [7, 11) is -3.20. The van der Waals surface area contributed by atoms with Crippen LogP contribution in [-0.4, -0.2) is 98.9 Å². The standard InChI is InChI=1S/C56H89N2O11PS/c1-5-9-11-13-15-17-19-21-23-34-52(59)65-40-45(69-53(60)35-24-22-20-18-16-14-12-10-6-2)42-71-43-51(54(61)58-56(36-37-56)44-64-38-29-39-70(63,67-7-3)68-8-4)57-55(62)66-41-50-48-32-27-25-30-46(48)47-31-26-28-33-49(47)50/h25-28,30-33,45,50-51H,5-24,29,34-44H2,1-4H3,(H,57,62)(H,58,61)/t45-,51+/m1/s1. The van der Waals surface area contributed by atoms with E-state index in [9.17, 15) is 23.7 Å². The van der Waals surface area contributed by atoms with Crippen molar-refractivity contribution in [1.29, 1.82) is 0 Å². The van der Waals surface area contributed by atoms with Crippen LogP contribution in [0.4, 0.5) is 4.79 Å². The summed E-state index contributed by atoms with van der Waals surface area (Å²) in [6, 6.07) is 15.2. The number of esters is 2. The summed E-state index contributed by atoms with van der Waals surface area (Å²) in [6.45, 7) is 9.12. The number of unbranched alkanes of at least 4 members (excludes halogenated alkanes) is 16. The Morgan fingerprint density at radius 2 is 1.18 bits per heavy atom. The number of benzene rings is 2. The zero-order valence-corrected chi connectivity index (χ0v) is 45.5. The van der Waals surface area contributed by atoms with Gasteiger partial charge >= 0.3 is 25.6 Å². The van der Waals surface area contributed by atoms with Gasteiger partial charge in [-0.3, -0.25) is 18.9 Å². The Balaban J connectivity index is 1.36. The summed E-state index contributed by atoms with van der Waals surface area (Å²) < 4.78 is 47.3. The van der Waals surface area contributed by atoms with Gasteiger partial charge in [0.25, 0.3) is 0 Å². The van der Waals surface area contributed by atoms with Crippen LogP contribution >= 0.6 is 19.4 Å². The van der Waals surface area contributed by atoms with Crippen molar-refractivity contribution in [1.82, 2.24) is 10.6 Å². The van der Waals surface area contributed by atoms with E-state index in [1.54, 1.807) is 13.8 Å². The summed E-state index contributed by atoms with van der Waals surface area (Å²) in [6.07, 6.45) is 21.6. The van der Waals surface area contributed by atoms with E-state index in [0.29, 0.717) is 32.3 Å². The van der Waals surface area contributed by atoms with E-state index in [1.807, 2.05) is 24.3 Å². The molecule has 2 aromatic rings. The molecule has 71 heavy (non-hydrogen) atoms. The molecule has 400 valence electrons. The Morgan fingerprint density at radius 1 is 0.662 bits per heavy atom. The van der Waals surface area contributed by atoms with E-state index in [0.717, 1.165) is 67.2 Å². The molecular weight excluding hydrogens is 940 g/mol. The molecule has 0 heterocycles. The van der Waals surface area contributed by atoms with Crippen molar-refractivity contribution < 1.29 is 51.7 Å². The lowest BCUT2D eigenvalue weighted by atomic mass is 9.98. The molecule has 2 aliphatic carbocycles. The fourth-order valence-corrected chi connectivity index (χ4v) is 11.7. The van der Waals surface area contributed by atoms with Crippen LogP contribution in [0.1, 0.15) is 192 Å². The summed E-state index contributed by atoms with van der Waals surface area (Å²) in [5.41, 5.74) is 3.76. The molecule has 4 rings (SSSR count). The van der Waals surface area contributed by atoms with E-state index in [2.05, 4.69) is 48.7 Å². The van der Waals surface area contributed by atoms with Gasteiger partial charge in [0.1, 0.15) is 25.4 Å². The highest BCUT2D eigenvalue weighted by atomic mass is 32.2. The van der Waals surface area contributed by atoms with Crippen LogP contribution in [0.5, 0.6) is 0 Å². The lowest BCUT2D eigenvalue weighted by Gasteiger charge is -2.24.